The van der Waals surface area contributed by atoms with E-state index < -0.39 is 0 Å². The van der Waals surface area contributed by atoms with Crippen LogP contribution in [0, 0.1) is 0 Å². The van der Waals surface area contributed by atoms with Gasteiger partial charge in [0, 0.05) is 12.0 Å². The Hall–Kier alpha value is -1.22. The molecule has 2 rings (SSSR count). The molecule has 0 aromatic heterocycles. The highest BCUT2D eigenvalue weighted by atomic mass is 35.5. The second-order valence-electron chi connectivity index (χ2n) is 2.89. The zero-order valence-corrected chi connectivity index (χ0v) is 7.60. The number of hydrogen-bond acceptors (Lipinski definition) is 3. The standard InChI is InChI=1S/C9H8ClNO2/c10-7-3-5(4-12)9-6(8(7)11)1-2-13-9/h3-4H,1-2,11H2. The van der Waals surface area contributed by atoms with E-state index in [0.717, 1.165) is 18.3 Å². The van der Waals surface area contributed by atoms with Crippen LogP contribution in [0.5, 0.6) is 5.75 Å². The van der Waals surface area contributed by atoms with E-state index in [2.05, 4.69) is 0 Å². The van der Waals surface area contributed by atoms with Gasteiger partial charge in [0.25, 0.3) is 0 Å². The maximum Gasteiger partial charge on any atom is 0.153 e. The lowest BCUT2D eigenvalue weighted by atomic mass is 10.1. The lowest BCUT2D eigenvalue weighted by Crippen LogP contribution is -1.95. The molecule has 0 saturated heterocycles. The molecule has 0 fully saturated rings. The summed E-state index contributed by atoms with van der Waals surface area (Å²) in [5.41, 5.74) is 7.59. The number of ether oxygens (including phenoxy) is 1. The van der Waals surface area contributed by atoms with Crippen molar-refractivity contribution in [2.24, 2.45) is 0 Å². The summed E-state index contributed by atoms with van der Waals surface area (Å²) < 4.78 is 5.29. The topological polar surface area (TPSA) is 52.3 Å². The van der Waals surface area contributed by atoms with Crippen LogP contribution in [0.3, 0.4) is 0 Å². The second-order valence-corrected chi connectivity index (χ2v) is 3.29. The molecule has 1 aromatic carbocycles. The predicted molar refractivity (Wildman–Crippen MR) is 50.5 cm³/mol. The molecule has 1 aliphatic heterocycles. The van der Waals surface area contributed by atoms with Crippen molar-refractivity contribution in [3.63, 3.8) is 0 Å². The van der Waals surface area contributed by atoms with Crippen LogP contribution in [-0.4, -0.2) is 12.9 Å². The highest BCUT2D eigenvalue weighted by Crippen LogP contribution is 2.37. The smallest absolute Gasteiger partial charge is 0.153 e. The molecule has 0 unspecified atom stereocenters. The van der Waals surface area contributed by atoms with Crippen molar-refractivity contribution < 1.29 is 9.53 Å². The lowest BCUT2D eigenvalue weighted by Gasteiger charge is -2.06. The van der Waals surface area contributed by atoms with Crippen molar-refractivity contribution in [1.82, 2.24) is 0 Å². The van der Waals surface area contributed by atoms with Crippen LogP contribution in [0.4, 0.5) is 5.69 Å². The monoisotopic (exact) mass is 197 g/mol. The van der Waals surface area contributed by atoms with E-state index in [9.17, 15) is 4.79 Å². The fraction of sp³-hybridized carbons (Fsp3) is 0.222. The third-order valence-electron chi connectivity index (χ3n) is 2.13. The molecule has 0 saturated carbocycles. The second kappa shape index (κ2) is 2.92. The summed E-state index contributed by atoms with van der Waals surface area (Å²) in [5, 5.41) is 0.423. The molecule has 4 heteroatoms. The number of carbonyl (C=O) groups excluding carboxylic acids is 1. The summed E-state index contributed by atoms with van der Waals surface area (Å²) in [6.07, 6.45) is 1.46. The predicted octanol–water partition coefficient (Wildman–Crippen LogP) is 1.67. The van der Waals surface area contributed by atoms with Gasteiger partial charge in [-0.2, -0.15) is 0 Å². The van der Waals surface area contributed by atoms with Gasteiger partial charge in [0.05, 0.1) is 22.9 Å². The molecular weight excluding hydrogens is 190 g/mol. The van der Waals surface area contributed by atoms with Crippen LogP contribution in [0.15, 0.2) is 6.07 Å². The van der Waals surface area contributed by atoms with E-state index >= 15 is 0 Å². The Morgan fingerprint density at radius 3 is 3.08 bits per heavy atom. The summed E-state index contributed by atoms with van der Waals surface area (Å²) in [4.78, 5) is 10.7. The maximum absolute atomic E-state index is 10.7. The third-order valence-corrected chi connectivity index (χ3v) is 2.44. The first-order chi connectivity index (χ1) is 6.24. The Morgan fingerprint density at radius 2 is 2.38 bits per heavy atom. The number of halogens is 1. The Morgan fingerprint density at radius 1 is 1.62 bits per heavy atom. The zero-order chi connectivity index (χ0) is 9.42. The van der Waals surface area contributed by atoms with Crippen LogP contribution in [0.2, 0.25) is 5.02 Å². The molecule has 1 aromatic rings. The third kappa shape index (κ3) is 1.16. The fourth-order valence-corrected chi connectivity index (χ4v) is 1.71. The van der Waals surface area contributed by atoms with Crippen molar-refractivity contribution in [3.8, 4) is 5.75 Å². The highest BCUT2D eigenvalue weighted by Gasteiger charge is 2.21. The minimum atomic E-state index is 0.423. The summed E-state index contributed by atoms with van der Waals surface area (Å²) in [6.45, 7) is 0.570. The SMILES string of the molecule is Nc1c(Cl)cc(C=O)c2c1CCO2. The van der Waals surface area contributed by atoms with Gasteiger partial charge in [-0.1, -0.05) is 11.6 Å². The number of anilines is 1. The van der Waals surface area contributed by atoms with E-state index in [1.165, 1.54) is 6.07 Å². The number of aldehydes is 1. The summed E-state index contributed by atoms with van der Waals surface area (Å²) >= 11 is 5.84. The van der Waals surface area contributed by atoms with E-state index in [1.807, 2.05) is 0 Å². The Labute approximate surface area is 80.4 Å². The van der Waals surface area contributed by atoms with Gasteiger partial charge in [-0.15, -0.1) is 0 Å². The maximum atomic E-state index is 10.7. The highest BCUT2D eigenvalue weighted by molar-refractivity contribution is 6.33. The Balaban J connectivity index is 2.70. The van der Waals surface area contributed by atoms with Gasteiger partial charge in [-0.05, 0) is 6.07 Å². The summed E-state index contributed by atoms with van der Waals surface area (Å²) in [6, 6.07) is 1.54. The van der Waals surface area contributed by atoms with Crippen LogP contribution in [-0.2, 0) is 6.42 Å². The van der Waals surface area contributed by atoms with Crippen LogP contribution in [0.25, 0.3) is 0 Å². The molecule has 68 valence electrons. The molecule has 13 heavy (non-hydrogen) atoms. The van der Waals surface area contributed by atoms with Gasteiger partial charge in [-0.3, -0.25) is 4.79 Å². The number of hydrogen-bond donors (Lipinski definition) is 1. The van der Waals surface area contributed by atoms with Crippen LogP contribution < -0.4 is 10.5 Å². The normalized spacial score (nSPS) is 13.6. The van der Waals surface area contributed by atoms with Gasteiger partial charge >= 0.3 is 0 Å². The molecule has 0 aliphatic carbocycles. The lowest BCUT2D eigenvalue weighted by molar-refractivity contribution is 0.112. The summed E-state index contributed by atoms with van der Waals surface area (Å²) in [5.74, 6) is 0.594. The number of nitrogen functional groups attached to an aromatic ring is 1. The molecule has 3 nitrogen and oxygen atoms in total. The van der Waals surface area contributed by atoms with E-state index in [1.54, 1.807) is 0 Å². The molecule has 1 aliphatic rings. The van der Waals surface area contributed by atoms with Crippen molar-refractivity contribution in [1.29, 1.82) is 0 Å². The molecule has 0 spiro atoms. The number of carbonyl (C=O) groups is 1. The molecule has 1 heterocycles. The fourth-order valence-electron chi connectivity index (χ4n) is 1.48. The number of nitrogens with two attached hydrogens (primary N) is 1. The largest absolute Gasteiger partial charge is 0.492 e. The van der Waals surface area contributed by atoms with Crippen molar-refractivity contribution in [3.05, 3.63) is 22.2 Å². The van der Waals surface area contributed by atoms with Crippen LogP contribution in [0.1, 0.15) is 15.9 Å². The number of rotatable bonds is 1. The van der Waals surface area contributed by atoms with Gasteiger partial charge < -0.3 is 10.5 Å². The first-order valence-electron chi connectivity index (χ1n) is 3.93. The number of benzene rings is 1. The average Bonchev–Trinajstić information content (AvgIpc) is 2.60. The zero-order valence-electron chi connectivity index (χ0n) is 6.84. The molecule has 0 bridgehead atoms. The first-order valence-corrected chi connectivity index (χ1v) is 4.30. The minimum absolute atomic E-state index is 0.423. The van der Waals surface area contributed by atoms with Gasteiger partial charge in [-0.25, -0.2) is 0 Å². The molecule has 0 atom stereocenters. The van der Waals surface area contributed by atoms with E-state index in [-0.39, 0.29) is 0 Å². The van der Waals surface area contributed by atoms with Crippen LogP contribution >= 0.6 is 11.6 Å². The van der Waals surface area contributed by atoms with Gasteiger partial charge in [0.2, 0.25) is 0 Å². The Bertz CT molecular complexity index is 376. The minimum Gasteiger partial charge on any atom is -0.492 e. The van der Waals surface area contributed by atoms with E-state index in [0.29, 0.717) is 28.6 Å². The van der Waals surface area contributed by atoms with Crippen molar-refractivity contribution in [2.45, 2.75) is 6.42 Å². The van der Waals surface area contributed by atoms with E-state index in [4.69, 9.17) is 22.1 Å². The molecule has 0 amide bonds. The summed E-state index contributed by atoms with van der Waals surface area (Å²) in [7, 11) is 0. The molecule has 0 radical (unpaired) electrons. The average molecular weight is 198 g/mol. The quantitative estimate of drug-likeness (QED) is 0.551. The van der Waals surface area contributed by atoms with Gasteiger partial charge in [0.1, 0.15) is 5.75 Å². The van der Waals surface area contributed by atoms with Gasteiger partial charge in [0.15, 0.2) is 6.29 Å². The van der Waals surface area contributed by atoms with Crippen molar-refractivity contribution >= 4 is 23.6 Å². The van der Waals surface area contributed by atoms with Crippen molar-refractivity contribution in [2.75, 3.05) is 12.3 Å². The number of fused-ring (bicyclic) bond motifs is 1. The molecule has 2 N–H and O–H groups in total. The molecular formula is C9H8ClNO2. The Kier molecular flexibility index (Phi) is 1.88. The first kappa shape index (κ1) is 8.38.